The molecule has 0 aliphatic heterocycles. The van der Waals surface area contributed by atoms with Gasteiger partial charge in [-0.15, -0.1) is 0 Å². The van der Waals surface area contributed by atoms with Crippen molar-refractivity contribution in [3.05, 3.63) is 58.4 Å². The number of rotatable bonds is 3. The molecule has 19 heavy (non-hydrogen) atoms. The predicted octanol–water partition coefficient (Wildman–Crippen LogP) is 2.51. The zero-order chi connectivity index (χ0) is 13.8. The summed E-state index contributed by atoms with van der Waals surface area (Å²) < 4.78 is 13.5. The number of hydrogen-bond donors (Lipinski definition) is 1. The summed E-state index contributed by atoms with van der Waals surface area (Å²) in [5, 5.41) is 2.89. The van der Waals surface area contributed by atoms with E-state index in [2.05, 4.69) is 15.3 Å². The van der Waals surface area contributed by atoms with E-state index in [1.807, 2.05) is 0 Å². The summed E-state index contributed by atoms with van der Waals surface area (Å²) in [4.78, 5) is 19.9. The summed E-state index contributed by atoms with van der Waals surface area (Å²) >= 11 is 5.73. The van der Waals surface area contributed by atoms with Gasteiger partial charge in [-0.05, 0) is 31.2 Å². The Labute approximate surface area is 114 Å². The van der Waals surface area contributed by atoms with E-state index in [4.69, 9.17) is 11.6 Å². The summed E-state index contributed by atoms with van der Waals surface area (Å²) in [6.07, 6.45) is 1.60. The fourth-order valence-corrected chi connectivity index (χ4v) is 1.71. The average molecular weight is 280 g/mol. The van der Waals surface area contributed by atoms with Crippen LogP contribution in [-0.4, -0.2) is 15.9 Å². The van der Waals surface area contributed by atoms with E-state index < -0.39 is 11.7 Å². The van der Waals surface area contributed by atoms with Crippen LogP contribution in [0, 0.1) is 12.7 Å². The highest BCUT2D eigenvalue weighted by atomic mass is 35.5. The van der Waals surface area contributed by atoms with Crippen LogP contribution in [0.2, 0.25) is 5.02 Å². The van der Waals surface area contributed by atoms with Crippen LogP contribution in [0.25, 0.3) is 0 Å². The molecule has 0 spiro atoms. The molecule has 1 aromatic heterocycles. The maximum atomic E-state index is 13.5. The van der Waals surface area contributed by atoms with Gasteiger partial charge in [0, 0.05) is 11.2 Å². The number of aromatic nitrogens is 2. The Morgan fingerprint density at radius 3 is 2.95 bits per heavy atom. The van der Waals surface area contributed by atoms with Gasteiger partial charge < -0.3 is 5.32 Å². The molecule has 0 fully saturated rings. The molecule has 0 aliphatic rings. The van der Waals surface area contributed by atoms with Crippen molar-refractivity contribution in [3.63, 3.8) is 0 Å². The van der Waals surface area contributed by atoms with Gasteiger partial charge in [-0.1, -0.05) is 11.6 Å². The molecule has 0 unspecified atom stereocenters. The van der Waals surface area contributed by atoms with Crippen molar-refractivity contribution in [2.75, 3.05) is 0 Å². The van der Waals surface area contributed by atoms with Crippen LogP contribution in [-0.2, 0) is 6.54 Å². The van der Waals surface area contributed by atoms with Crippen LogP contribution in [0.1, 0.15) is 21.9 Å². The van der Waals surface area contributed by atoms with Crippen LogP contribution in [0.4, 0.5) is 4.39 Å². The highest BCUT2D eigenvalue weighted by Crippen LogP contribution is 2.14. The summed E-state index contributed by atoms with van der Waals surface area (Å²) in [6.45, 7) is 1.95. The van der Waals surface area contributed by atoms with E-state index in [1.165, 1.54) is 12.1 Å². The summed E-state index contributed by atoms with van der Waals surface area (Å²) in [5.74, 6) is -0.530. The highest BCUT2D eigenvalue weighted by Gasteiger charge is 2.12. The average Bonchev–Trinajstić information content (AvgIpc) is 2.39. The topological polar surface area (TPSA) is 54.9 Å². The summed E-state index contributed by atoms with van der Waals surface area (Å²) in [6, 6.07) is 5.52. The lowest BCUT2D eigenvalue weighted by molar-refractivity contribution is 0.0946. The van der Waals surface area contributed by atoms with Gasteiger partial charge in [0.15, 0.2) is 0 Å². The molecule has 0 atom stereocenters. The fourth-order valence-electron chi connectivity index (χ4n) is 1.54. The summed E-state index contributed by atoms with van der Waals surface area (Å²) in [7, 11) is 0. The Balaban J connectivity index is 2.07. The molecule has 0 bridgehead atoms. The molecule has 2 aromatic rings. The predicted molar refractivity (Wildman–Crippen MR) is 69.3 cm³/mol. The Morgan fingerprint density at radius 2 is 2.21 bits per heavy atom. The second-order valence-electron chi connectivity index (χ2n) is 3.90. The number of nitrogens with zero attached hydrogens (tertiary/aromatic N) is 2. The van der Waals surface area contributed by atoms with Gasteiger partial charge in [0.2, 0.25) is 0 Å². The maximum absolute atomic E-state index is 13.5. The van der Waals surface area contributed by atoms with E-state index in [9.17, 15) is 9.18 Å². The zero-order valence-electron chi connectivity index (χ0n) is 10.2. The number of amides is 1. The third kappa shape index (κ3) is 3.48. The molecular formula is C13H11ClFN3O. The van der Waals surface area contributed by atoms with Crippen molar-refractivity contribution in [3.8, 4) is 0 Å². The van der Waals surface area contributed by atoms with Gasteiger partial charge in [-0.2, -0.15) is 0 Å². The van der Waals surface area contributed by atoms with Gasteiger partial charge >= 0.3 is 0 Å². The van der Waals surface area contributed by atoms with Crippen molar-refractivity contribution in [1.29, 1.82) is 0 Å². The molecule has 2 rings (SSSR count). The lowest BCUT2D eigenvalue weighted by atomic mass is 10.2. The molecule has 1 heterocycles. The summed E-state index contributed by atoms with van der Waals surface area (Å²) in [5.41, 5.74) is 0.571. The number of carbonyl (C=O) groups excluding carboxylic acids is 1. The van der Waals surface area contributed by atoms with E-state index in [0.29, 0.717) is 16.5 Å². The quantitative estimate of drug-likeness (QED) is 0.939. The monoisotopic (exact) mass is 279 g/mol. The van der Waals surface area contributed by atoms with Gasteiger partial charge in [-0.3, -0.25) is 4.79 Å². The molecule has 98 valence electrons. The van der Waals surface area contributed by atoms with Crippen LogP contribution < -0.4 is 5.32 Å². The van der Waals surface area contributed by atoms with Crippen LogP contribution in [0.15, 0.2) is 30.5 Å². The molecule has 1 N–H and O–H groups in total. The number of nitrogens with one attached hydrogen (secondary N) is 1. The molecule has 0 radical (unpaired) electrons. The van der Waals surface area contributed by atoms with Crippen molar-refractivity contribution < 1.29 is 9.18 Å². The number of carbonyl (C=O) groups is 1. The third-order valence-corrected chi connectivity index (χ3v) is 2.67. The largest absolute Gasteiger partial charge is 0.346 e. The number of halogens is 2. The van der Waals surface area contributed by atoms with Crippen molar-refractivity contribution in [1.82, 2.24) is 15.3 Å². The second kappa shape index (κ2) is 5.75. The third-order valence-electron chi connectivity index (χ3n) is 2.44. The Hall–Kier alpha value is -2.01. The van der Waals surface area contributed by atoms with E-state index in [0.717, 1.165) is 6.07 Å². The molecule has 0 aliphatic carbocycles. The lowest BCUT2D eigenvalue weighted by Gasteiger charge is -2.06. The lowest BCUT2D eigenvalue weighted by Crippen LogP contribution is -2.24. The first-order valence-corrected chi connectivity index (χ1v) is 5.96. The van der Waals surface area contributed by atoms with Crippen LogP contribution >= 0.6 is 11.6 Å². The van der Waals surface area contributed by atoms with E-state index in [1.54, 1.807) is 19.2 Å². The Bertz CT molecular complexity index is 619. The first kappa shape index (κ1) is 13.4. The highest BCUT2D eigenvalue weighted by molar-refractivity contribution is 6.30. The SMILES string of the molecule is Cc1nccc(CNC(=O)c2cc(Cl)ccc2F)n1. The second-order valence-corrected chi connectivity index (χ2v) is 4.34. The molecule has 1 amide bonds. The Kier molecular flexibility index (Phi) is 4.06. The molecule has 4 nitrogen and oxygen atoms in total. The number of hydrogen-bond acceptors (Lipinski definition) is 3. The standard InChI is InChI=1S/C13H11ClFN3O/c1-8-16-5-4-10(18-8)7-17-13(19)11-6-9(14)2-3-12(11)15/h2-6H,7H2,1H3,(H,17,19). The first-order valence-electron chi connectivity index (χ1n) is 5.58. The minimum absolute atomic E-state index is 0.0849. The molecule has 1 aromatic carbocycles. The van der Waals surface area contributed by atoms with E-state index in [-0.39, 0.29) is 12.1 Å². The number of benzene rings is 1. The number of aryl methyl sites for hydroxylation is 1. The maximum Gasteiger partial charge on any atom is 0.254 e. The zero-order valence-corrected chi connectivity index (χ0v) is 10.9. The fraction of sp³-hybridized carbons (Fsp3) is 0.154. The van der Waals surface area contributed by atoms with Gasteiger partial charge in [0.05, 0.1) is 17.8 Å². The van der Waals surface area contributed by atoms with Crippen molar-refractivity contribution in [2.24, 2.45) is 0 Å². The van der Waals surface area contributed by atoms with Crippen molar-refractivity contribution in [2.45, 2.75) is 13.5 Å². The van der Waals surface area contributed by atoms with Gasteiger partial charge in [0.1, 0.15) is 11.6 Å². The smallest absolute Gasteiger partial charge is 0.254 e. The van der Waals surface area contributed by atoms with Gasteiger partial charge in [-0.25, -0.2) is 14.4 Å². The van der Waals surface area contributed by atoms with Crippen LogP contribution in [0.3, 0.4) is 0 Å². The molecule has 6 heteroatoms. The minimum Gasteiger partial charge on any atom is -0.346 e. The van der Waals surface area contributed by atoms with E-state index >= 15 is 0 Å². The molecular weight excluding hydrogens is 269 g/mol. The normalized spacial score (nSPS) is 10.3. The minimum atomic E-state index is -0.610. The van der Waals surface area contributed by atoms with Crippen molar-refractivity contribution >= 4 is 17.5 Å². The van der Waals surface area contributed by atoms with Gasteiger partial charge in [0.25, 0.3) is 5.91 Å². The Morgan fingerprint density at radius 1 is 1.42 bits per heavy atom. The molecule has 0 saturated carbocycles. The molecule has 0 saturated heterocycles. The van der Waals surface area contributed by atoms with Crippen LogP contribution in [0.5, 0.6) is 0 Å². The first-order chi connectivity index (χ1) is 9.06.